The van der Waals surface area contributed by atoms with E-state index in [1.807, 2.05) is 0 Å². The molecule has 0 fully saturated rings. The quantitative estimate of drug-likeness (QED) is 0.893. The average Bonchev–Trinajstić information content (AvgIpc) is 2.32. The monoisotopic (exact) mass is 303 g/mol. The molecule has 0 aliphatic carbocycles. The van der Waals surface area contributed by atoms with Crippen LogP contribution in [0.25, 0.3) is 0 Å². The molecule has 0 saturated carbocycles. The number of nitrogens with two attached hydrogens (primary N) is 1. The van der Waals surface area contributed by atoms with Gasteiger partial charge in [0.15, 0.2) is 0 Å². The molecule has 0 aliphatic rings. The second kappa shape index (κ2) is 6.63. The van der Waals surface area contributed by atoms with E-state index in [-0.39, 0.29) is 5.91 Å². The summed E-state index contributed by atoms with van der Waals surface area (Å²) in [6.45, 7) is 1.93. The summed E-state index contributed by atoms with van der Waals surface area (Å²) in [6, 6.07) is 3.74. The molecule has 1 atom stereocenters. The Morgan fingerprint density at radius 3 is 2.53 bits per heavy atom. The van der Waals surface area contributed by atoms with E-state index in [0.717, 1.165) is 5.56 Å². The Hall–Kier alpha value is -1.46. The summed E-state index contributed by atoms with van der Waals surface area (Å²) in [5, 5.41) is 3.23. The minimum atomic E-state index is -0.733. The van der Waals surface area contributed by atoms with E-state index in [0.29, 0.717) is 16.6 Å². The molecular weight excluding hydrogens is 289 g/mol. The van der Waals surface area contributed by atoms with E-state index in [1.165, 1.54) is 4.90 Å². The number of carbonyl (C=O) groups excluding carboxylic acids is 2. The van der Waals surface area contributed by atoms with Crippen LogP contribution in [0, 0.1) is 0 Å². The van der Waals surface area contributed by atoms with Crippen molar-refractivity contribution in [1.29, 1.82) is 0 Å². The molecule has 1 aromatic carbocycles. The van der Waals surface area contributed by atoms with Gasteiger partial charge >= 0.3 is 6.03 Å². The fourth-order valence-corrected chi connectivity index (χ4v) is 1.92. The zero-order chi connectivity index (χ0) is 14.6. The summed E-state index contributed by atoms with van der Waals surface area (Å²) >= 11 is 11.7. The summed E-state index contributed by atoms with van der Waals surface area (Å²) in [7, 11) is 1.63. The lowest BCUT2D eigenvalue weighted by molar-refractivity contribution is -0.132. The van der Waals surface area contributed by atoms with Crippen LogP contribution in [0.5, 0.6) is 0 Å². The van der Waals surface area contributed by atoms with Crippen LogP contribution >= 0.6 is 23.2 Å². The van der Waals surface area contributed by atoms with Crippen LogP contribution in [0.1, 0.15) is 12.5 Å². The number of primary amides is 1. The fourth-order valence-electron chi connectivity index (χ4n) is 1.60. The topological polar surface area (TPSA) is 75.4 Å². The molecule has 0 bridgehead atoms. The molecule has 3 N–H and O–H groups in total. The molecule has 0 spiro atoms. The number of likely N-dealkylation sites (N-methyl/N-ethyl adjacent to an activating group) is 1. The maximum atomic E-state index is 11.9. The molecule has 1 aromatic rings. The van der Waals surface area contributed by atoms with Crippen molar-refractivity contribution in [2.45, 2.75) is 19.5 Å². The zero-order valence-corrected chi connectivity index (χ0v) is 12.1. The van der Waals surface area contributed by atoms with Gasteiger partial charge in [0.2, 0.25) is 5.91 Å². The Morgan fingerprint density at radius 1 is 1.37 bits per heavy atom. The van der Waals surface area contributed by atoms with E-state index < -0.39 is 12.1 Å². The van der Waals surface area contributed by atoms with Gasteiger partial charge in [-0.2, -0.15) is 0 Å². The molecule has 1 unspecified atom stereocenters. The summed E-state index contributed by atoms with van der Waals surface area (Å²) in [6.07, 6.45) is 0. The van der Waals surface area contributed by atoms with Crippen LogP contribution in [-0.4, -0.2) is 29.9 Å². The highest BCUT2D eigenvalue weighted by Crippen LogP contribution is 2.23. The molecule has 3 amide bonds. The SMILES string of the molecule is CC(NC(N)=O)C(=O)N(C)Cc1ccc(Cl)c(Cl)c1. The van der Waals surface area contributed by atoms with Gasteiger partial charge in [0.05, 0.1) is 10.0 Å². The van der Waals surface area contributed by atoms with E-state index in [9.17, 15) is 9.59 Å². The highest BCUT2D eigenvalue weighted by Gasteiger charge is 2.18. The highest BCUT2D eigenvalue weighted by atomic mass is 35.5. The first-order valence-electron chi connectivity index (χ1n) is 5.56. The first-order chi connectivity index (χ1) is 8.81. The van der Waals surface area contributed by atoms with E-state index >= 15 is 0 Å². The van der Waals surface area contributed by atoms with Gasteiger partial charge in [-0.15, -0.1) is 0 Å². The van der Waals surface area contributed by atoms with Gasteiger partial charge in [-0.3, -0.25) is 4.79 Å². The van der Waals surface area contributed by atoms with Crippen molar-refractivity contribution >= 4 is 35.1 Å². The lowest BCUT2D eigenvalue weighted by Crippen LogP contribution is -2.47. The summed E-state index contributed by atoms with van der Waals surface area (Å²) < 4.78 is 0. The molecule has 7 heteroatoms. The van der Waals surface area contributed by atoms with Crippen LogP contribution in [0.4, 0.5) is 4.79 Å². The predicted octanol–water partition coefficient (Wildman–Crippen LogP) is 2.01. The second-order valence-corrected chi connectivity index (χ2v) is 4.99. The van der Waals surface area contributed by atoms with Crippen LogP contribution < -0.4 is 11.1 Å². The van der Waals surface area contributed by atoms with E-state index in [1.54, 1.807) is 32.2 Å². The van der Waals surface area contributed by atoms with Gasteiger partial charge in [-0.25, -0.2) is 4.79 Å². The molecular formula is C12H15Cl2N3O2. The van der Waals surface area contributed by atoms with Crippen molar-refractivity contribution in [3.63, 3.8) is 0 Å². The number of rotatable bonds is 4. The van der Waals surface area contributed by atoms with Gasteiger partial charge in [-0.1, -0.05) is 29.3 Å². The Morgan fingerprint density at radius 2 is 2.00 bits per heavy atom. The second-order valence-electron chi connectivity index (χ2n) is 4.17. The highest BCUT2D eigenvalue weighted by molar-refractivity contribution is 6.42. The number of nitrogens with one attached hydrogen (secondary N) is 1. The maximum Gasteiger partial charge on any atom is 0.312 e. The number of benzene rings is 1. The first-order valence-corrected chi connectivity index (χ1v) is 6.31. The van der Waals surface area contributed by atoms with Gasteiger partial charge in [0.1, 0.15) is 6.04 Å². The third-order valence-electron chi connectivity index (χ3n) is 2.51. The summed E-state index contributed by atoms with van der Waals surface area (Å²) in [5.74, 6) is -0.245. The van der Waals surface area contributed by atoms with Crippen molar-refractivity contribution in [1.82, 2.24) is 10.2 Å². The van der Waals surface area contributed by atoms with Crippen LogP contribution in [-0.2, 0) is 11.3 Å². The molecule has 0 aliphatic heterocycles. The largest absolute Gasteiger partial charge is 0.352 e. The van der Waals surface area contributed by atoms with Crippen LogP contribution in [0.2, 0.25) is 10.0 Å². The molecule has 0 radical (unpaired) electrons. The van der Waals surface area contributed by atoms with Crippen molar-refractivity contribution in [3.05, 3.63) is 33.8 Å². The number of halogens is 2. The lowest BCUT2D eigenvalue weighted by atomic mass is 10.2. The first kappa shape index (κ1) is 15.6. The minimum absolute atomic E-state index is 0.245. The number of carbonyl (C=O) groups is 2. The van der Waals surface area contributed by atoms with Crippen molar-refractivity contribution < 1.29 is 9.59 Å². The molecule has 0 saturated heterocycles. The third-order valence-corrected chi connectivity index (χ3v) is 3.25. The van der Waals surface area contributed by atoms with Crippen molar-refractivity contribution in [2.75, 3.05) is 7.05 Å². The van der Waals surface area contributed by atoms with Gasteiger partial charge in [0.25, 0.3) is 0 Å². The lowest BCUT2D eigenvalue weighted by Gasteiger charge is -2.21. The molecule has 19 heavy (non-hydrogen) atoms. The van der Waals surface area contributed by atoms with Crippen molar-refractivity contribution in [2.24, 2.45) is 5.73 Å². The number of hydrogen-bond donors (Lipinski definition) is 2. The third kappa shape index (κ3) is 4.61. The maximum absolute atomic E-state index is 11.9. The number of amides is 3. The van der Waals surface area contributed by atoms with Gasteiger partial charge in [0, 0.05) is 13.6 Å². The Bertz CT molecular complexity index is 494. The Kier molecular flexibility index (Phi) is 5.44. The minimum Gasteiger partial charge on any atom is -0.352 e. The number of nitrogens with zero attached hydrogens (tertiary/aromatic N) is 1. The fraction of sp³-hybridized carbons (Fsp3) is 0.333. The van der Waals surface area contributed by atoms with E-state index in [4.69, 9.17) is 28.9 Å². The molecule has 5 nitrogen and oxygen atoms in total. The molecule has 0 heterocycles. The smallest absolute Gasteiger partial charge is 0.312 e. The van der Waals surface area contributed by atoms with Crippen LogP contribution in [0.3, 0.4) is 0 Å². The standard InChI is InChI=1S/C12H15Cl2N3O2/c1-7(16-12(15)19)11(18)17(2)6-8-3-4-9(13)10(14)5-8/h3-5,7H,6H2,1-2H3,(H3,15,16,19). The molecule has 104 valence electrons. The predicted molar refractivity (Wildman–Crippen MR) is 75.1 cm³/mol. The normalized spacial score (nSPS) is 11.8. The zero-order valence-electron chi connectivity index (χ0n) is 10.6. The van der Waals surface area contributed by atoms with Crippen LogP contribution in [0.15, 0.2) is 18.2 Å². The summed E-state index contributed by atoms with van der Waals surface area (Å²) in [5.41, 5.74) is 5.81. The Labute approximate surface area is 121 Å². The number of hydrogen-bond acceptors (Lipinski definition) is 2. The summed E-state index contributed by atoms with van der Waals surface area (Å²) in [4.78, 5) is 24.1. The molecule has 0 aromatic heterocycles. The average molecular weight is 304 g/mol. The van der Waals surface area contributed by atoms with Crippen molar-refractivity contribution in [3.8, 4) is 0 Å². The van der Waals surface area contributed by atoms with E-state index in [2.05, 4.69) is 5.32 Å². The van der Waals surface area contributed by atoms with Gasteiger partial charge < -0.3 is 16.0 Å². The molecule has 1 rings (SSSR count). The number of urea groups is 1. The Balaban J connectivity index is 2.68. The van der Waals surface area contributed by atoms with Gasteiger partial charge in [-0.05, 0) is 24.6 Å².